The molecule has 0 aliphatic carbocycles. The van der Waals surface area contributed by atoms with Crippen molar-refractivity contribution >= 4 is 41.9 Å². The molecule has 2 atom stereocenters. The van der Waals surface area contributed by atoms with Crippen LogP contribution in [0.4, 0.5) is 15.3 Å². The Morgan fingerprint density at radius 3 is 2.26 bits per heavy atom. The van der Waals surface area contributed by atoms with Crippen molar-refractivity contribution in [2.24, 2.45) is 17.4 Å². The molecule has 234 valence electrons. The molecule has 42 heavy (non-hydrogen) atoms. The molecular formula is C27H44N8O7. The summed E-state index contributed by atoms with van der Waals surface area (Å²) in [5.41, 5.74) is 11.7. The maximum atomic E-state index is 13.2. The van der Waals surface area contributed by atoms with E-state index in [4.69, 9.17) is 16.2 Å². The lowest BCUT2D eigenvalue weighted by molar-refractivity contribution is -0.132. The number of benzene rings is 1. The fourth-order valence-corrected chi connectivity index (χ4v) is 3.71. The smallest absolute Gasteiger partial charge is 0.408 e. The molecule has 7 amide bonds. The first-order chi connectivity index (χ1) is 20.1. The largest absolute Gasteiger partial charge is 0.445 e. The van der Waals surface area contributed by atoms with Gasteiger partial charge in [-0.1, -0.05) is 32.4 Å². The number of alkyl carbamates (subject to hydrolysis) is 1. The quantitative estimate of drug-likeness (QED) is 0.0588. The van der Waals surface area contributed by atoms with E-state index in [0.717, 1.165) is 12.8 Å². The van der Waals surface area contributed by atoms with E-state index in [-0.39, 0.29) is 44.5 Å². The molecule has 0 aromatic heterocycles. The highest BCUT2D eigenvalue weighted by Gasteiger charge is 2.28. The monoisotopic (exact) mass is 592 g/mol. The molecule has 0 bridgehead atoms. The number of carbonyl (C=O) groups is 6. The van der Waals surface area contributed by atoms with E-state index in [1.807, 2.05) is 0 Å². The van der Waals surface area contributed by atoms with Crippen LogP contribution in [0.5, 0.6) is 0 Å². The Kier molecular flexibility index (Phi) is 17.4. The molecule has 0 aliphatic heterocycles. The predicted octanol–water partition coefficient (Wildman–Crippen LogP) is 0.148. The number of urea groups is 1. The summed E-state index contributed by atoms with van der Waals surface area (Å²) in [6, 6.07) is 3.99. The molecule has 0 saturated heterocycles. The van der Waals surface area contributed by atoms with Crippen LogP contribution in [0.1, 0.15) is 57.9 Å². The van der Waals surface area contributed by atoms with Crippen LogP contribution in [0.3, 0.4) is 0 Å². The molecule has 1 aromatic rings. The Balaban J connectivity index is 2.82. The molecule has 0 saturated carbocycles. The maximum Gasteiger partial charge on any atom is 0.408 e. The number of carbonyl (C=O) groups excluding carboxylic acids is 6. The Hall–Kier alpha value is -4.40. The number of unbranched alkanes of at least 4 members (excludes halogenated alkanes) is 2. The van der Waals surface area contributed by atoms with Crippen molar-refractivity contribution in [2.75, 3.05) is 25.1 Å². The van der Waals surface area contributed by atoms with Crippen molar-refractivity contribution in [1.29, 1.82) is 0 Å². The van der Waals surface area contributed by atoms with Crippen molar-refractivity contribution in [3.63, 3.8) is 0 Å². The molecular weight excluding hydrogens is 548 g/mol. The van der Waals surface area contributed by atoms with Crippen molar-refractivity contribution < 1.29 is 33.5 Å². The van der Waals surface area contributed by atoms with Gasteiger partial charge >= 0.3 is 12.1 Å². The third-order valence-corrected chi connectivity index (χ3v) is 5.98. The summed E-state index contributed by atoms with van der Waals surface area (Å²) in [6.07, 6.45) is 2.82. The number of hydrogen-bond acceptors (Lipinski definition) is 8. The summed E-state index contributed by atoms with van der Waals surface area (Å²) < 4.78 is 5.04. The van der Waals surface area contributed by atoms with Crippen LogP contribution in [0, 0.1) is 5.92 Å². The summed E-state index contributed by atoms with van der Waals surface area (Å²) >= 11 is 0. The van der Waals surface area contributed by atoms with Crippen molar-refractivity contribution in [3.8, 4) is 0 Å². The van der Waals surface area contributed by atoms with Crippen molar-refractivity contribution in [3.05, 3.63) is 29.8 Å². The summed E-state index contributed by atoms with van der Waals surface area (Å²) in [6.45, 7) is 4.24. The van der Waals surface area contributed by atoms with E-state index < -0.39 is 36.0 Å². The Morgan fingerprint density at radius 2 is 1.64 bits per heavy atom. The second-order valence-electron chi connectivity index (χ2n) is 9.82. The SMILES string of the molecule is CC(C)[C@H](NC(=O)CCCCCN)C(=O)N[C@@H](CCCNC(N)=O)C(=O)Nc1ccc(COC(=O)NCNC=O)cc1. The molecule has 0 unspecified atom stereocenters. The van der Waals surface area contributed by atoms with Gasteiger partial charge in [0.15, 0.2) is 0 Å². The number of nitrogens with one attached hydrogen (secondary N) is 6. The second kappa shape index (κ2) is 20.5. The van der Waals surface area contributed by atoms with E-state index in [1.54, 1.807) is 38.1 Å². The van der Waals surface area contributed by atoms with Crippen LogP contribution < -0.4 is 43.4 Å². The lowest BCUT2D eigenvalue weighted by Gasteiger charge is -2.25. The zero-order valence-corrected chi connectivity index (χ0v) is 24.2. The van der Waals surface area contributed by atoms with Crippen LogP contribution in [0.25, 0.3) is 0 Å². The maximum absolute atomic E-state index is 13.2. The summed E-state index contributed by atoms with van der Waals surface area (Å²) in [5.74, 6) is -1.50. The highest BCUT2D eigenvalue weighted by molar-refractivity contribution is 5.98. The zero-order chi connectivity index (χ0) is 31.3. The van der Waals surface area contributed by atoms with Gasteiger partial charge in [-0.15, -0.1) is 0 Å². The molecule has 0 aliphatic rings. The van der Waals surface area contributed by atoms with Crippen LogP contribution >= 0.6 is 0 Å². The lowest BCUT2D eigenvalue weighted by Crippen LogP contribution is -2.54. The summed E-state index contributed by atoms with van der Waals surface area (Å²) in [4.78, 5) is 71.6. The van der Waals surface area contributed by atoms with Gasteiger partial charge < -0.3 is 48.1 Å². The number of primary amides is 1. The average molecular weight is 593 g/mol. The highest BCUT2D eigenvalue weighted by Crippen LogP contribution is 2.13. The first kappa shape index (κ1) is 35.6. The third kappa shape index (κ3) is 15.4. The number of nitrogens with two attached hydrogens (primary N) is 2. The topological polar surface area (TPSA) is 236 Å². The minimum Gasteiger partial charge on any atom is -0.445 e. The minimum atomic E-state index is -0.971. The highest BCUT2D eigenvalue weighted by atomic mass is 16.5. The zero-order valence-electron chi connectivity index (χ0n) is 24.2. The Labute approximate surface area is 245 Å². The molecule has 1 rings (SSSR count). The van der Waals surface area contributed by atoms with E-state index in [2.05, 4.69) is 31.9 Å². The first-order valence-corrected chi connectivity index (χ1v) is 13.9. The summed E-state index contributed by atoms with van der Waals surface area (Å²) in [7, 11) is 0. The van der Waals surface area contributed by atoms with Gasteiger partial charge in [-0.2, -0.15) is 0 Å². The Morgan fingerprint density at radius 1 is 0.929 bits per heavy atom. The average Bonchev–Trinajstić information content (AvgIpc) is 2.95. The number of ether oxygens (including phenoxy) is 1. The molecule has 15 heteroatoms. The molecule has 1 aromatic carbocycles. The van der Waals surface area contributed by atoms with Crippen LogP contribution in [0.2, 0.25) is 0 Å². The van der Waals surface area contributed by atoms with Gasteiger partial charge in [0, 0.05) is 18.7 Å². The first-order valence-electron chi connectivity index (χ1n) is 13.9. The number of hydrogen-bond donors (Lipinski definition) is 8. The molecule has 0 spiro atoms. The molecule has 15 nitrogen and oxygen atoms in total. The van der Waals surface area contributed by atoms with Gasteiger partial charge in [0.1, 0.15) is 18.7 Å². The van der Waals surface area contributed by atoms with Gasteiger partial charge in [0.25, 0.3) is 0 Å². The number of anilines is 1. The fourth-order valence-electron chi connectivity index (χ4n) is 3.71. The van der Waals surface area contributed by atoms with Crippen LogP contribution in [0.15, 0.2) is 24.3 Å². The normalized spacial score (nSPS) is 11.9. The van der Waals surface area contributed by atoms with Crippen molar-refractivity contribution in [1.82, 2.24) is 26.6 Å². The van der Waals surface area contributed by atoms with Gasteiger partial charge in [-0.05, 0) is 55.8 Å². The fraction of sp³-hybridized carbons (Fsp3) is 0.556. The van der Waals surface area contributed by atoms with Crippen molar-refractivity contribution in [2.45, 2.75) is 71.1 Å². The van der Waals surface area contributed by atoms with Crippen LogP contribution in [-0.4, -0.2) is 68.1 Å². The number of rotatable bonds is 20. The van der Waals surface area contributed by atoms with Gasteiger partial charge in [0.05, 0.1) is 6.67 Å². The molecule has 0 radical (unpaired) electrons. The van der Waals surface area contributed by atoms with E-state index in [0.29, 0.717) is 37.0 Å². The number of amides is 7. The van der Waals surface area contributed by atoms with Gasteiger partial charge in [-0.3, -0.25) is 19.2 Å². The van der Waals surface area contributed by atoms with E-state index in [1.165, 1.54) is 0 Å². The molecule has 0 fully saturated rings. The molecule has 0 heterocycles. The van der Waals surface area contributed by atoms with E-state index in [9.17, 15) is 28.8 Å². The summed E-state index contributed by atoms with van der Waals surface area (Å²) in [5, 5.41) is 15.3. The predicted molar refractivity (Wildman–Crippen MR) is 156 cm³/mol. The minimum absolute atomic E-state index is 0.0397. The van der Waals surface area contributed by atoms with Crippen LogP contribution in [-0.2, 0) is 30.5 Å². The van der Waals surface area contributed by atoms with E-state index >= 15 is 0 Å². The molecule has 10 N–H and O–H groups in total. The second-order valence-corrected chi connectivity index (χ2v) is 9.82. The Bertz CT molecular complexity index is 1020. The lowest BCUT2D eigenvalue weighted by atomic mass is 10.0. The standard InChI is InChI=1S/C27H44N8O7/c1-18(2)23(35-22(37)8-4-3-5-13-28)25(39)34-21(7-6-14-31-26(29)40)24(38)33-20-11-9-19(10-12-20)15-42-27(41)32-16-30-17-36/h9-12,17-18,21,23H,3-8,13-16,28H2,1-2H3,(H,30,36)(H,32,41)(H,33,38)(H,34,39)(H,35,37)(H3,29,31,40)/t21-,23-/m0/s1. The van der Waals surface area contributed by atoms with Gasteiger partial charge in [0.2, 0.25) is 24.1 Å². The van der Waals surface area contributed by atoms with Gasteiger partial charge in [-0.25, -0.2) is 9.59 Å². The third-order valence-electron chi connectivity index (χ3n) is 5.98.